The Morgan fingerprint density at radius 1 is 0.547 bits per heavy atom. The molecule has 2 aliphatic carbocycles. The molecule has 0 saturated heterocycles. The Morgan fingerprint density at radius 2 is 0.906 bits per heavy atom. The zero-order valence-corrected chi connectivity index (χ0v) is 35.8. The van der Waals surface area contributed by atoms with Crippen LogP contribution in [0, 0.1) is 11.8 Å². The monoisotopic (exact) mass is 772 g/mol. The van der Waals surface area contributed by atoms with Crippen molar-refractivity contribution in [1.82, 2.24) is 0 Å². The summed E-state index contributed by atoms with van der Waals surface area (Å²) in [4.78, 5) is 0. The summed E-state index contributed by atoms with van der Waals surface area (Å²) in [6.07, 6.45) is 7.68. The van der Waals surface area contributed by atoms with Crippen LogP contribution in [0.4, 0.5) is 0 Å². The highest BCUT2D eigenvalue weighted by Gasteiger charge is 2.50. The van der Waals surface area contributed by atoms with E-state index in [1.54, 1.807) is 0 Å². The summed E-state index contributed by atoms with van der Waals surface area (Å²) < 4.78 is 6.98. The van der Waals surface area contributed by atoms with E-state index in [0.717, 1.165) is 58.0 Å². The first-order valence-electron chi connectivity index (χ1n) is 19.7. The fourth-order valence-electron chi connectivity index (χ4n) is 8.22. The molecule has 0 heterocycles. The summed E-state index contributed by atoms with van der Waals surface area (Å²) in [5.41, 5.74) is 0. The van der Waals surface area contributed by atoms with Gasteiger partial charge in [0.05, 0.1) is 12.2 Å². The van der Waals surface area contributed by atoms with Crippen molar-refractivity contribution in [1.29, 1.82) is 0 Å². The molecule has 2 saturated carbocycles. The summed E-state index contributed by atoms with van der Waals surface area (Å²) >= 11 is 7.21. The van der Waals surface area contributed by atoms with Gasteiger partial charge in [-0.2, -0.15) is 11.1 Å². The van der Waals surface area contributed by atoms with Gasteiger partial charge in [0, 0.05) is 13.2 Å². The number of hydrogen-bond acceptors (Lipinski definition) is 4. The molecule has 53 heavy (non-hydrogen) atoms. The van der Waals surface area contributed by atoms with Crippen molar-refractivity contribution in [3.8, 4) is 0 Å². The zero-order chi connectivity index (χ0) is 38.5. The first-order chi connectivity index (χ1) is 25.2. The molecular weight excluding hydrogens is 708 g/mol. The van der Waals surface area contributed by atoms with E-state index in [1.165, 1.54) is 20.7 Å². The smallest absolute Gasteiger partial charge is 0.261 e. The summed E-state index contributed by atoms with van der Waals surface area (Å²) in [5, 5.41) is 33.2. The number of rotatable bonds is 8. The molecule has 7 heteroatoms. The third-order valence-electron chi connectivity index (χ3n) is 11.1. The van der Waals surface area contributed by atoms with Gasteiger partial charge >= 0.3 is 0 Å². The molecule has 0 aromatic heterocycles. The highest BCUT2D eigenvalue weighted by Crippen LogP contribution is 2.39. The molecule has 4 aromatic rings. The zero-order valence-electron chi connectivity index (χ0n) is 33.1. The van der Waals surface area contributed by atoms with E-state index in [2.05, 4.69) is 151 Å². The molecule has 0 radical (unpaired) electrons. The largest absolute Gasteiger partial charge is 0.407 e. The molecule has 4 atom stereocenters. The van der Waals surface area contributed by atoms with Gasteiger partial charge in [0.1, 0.15) is 0 Å². The molecule has 0 amide bonds. The Labute approximate surface area is 327 Å². The van der Waals surface area contributed by atoms with Crippen molar-refractivity contribution in [3.63, 3.8) is 0 Å². The Hall–Kier alpha value is -2.56. The average molecular weight is 774 g/mol. The highest BCUT2D eigenvalue weighted by molar-refractivity contribution is 7.35. The molecule has 4 unspecified atom stereocenters. The molecule has 3 N–H and O–H groups in total. The van der Waals surface area contributed by atoms with E-state index in [-0.39, 0.29) is 28.9 Å². The van der Waals surface area contributed by atoms with Crippen molar-refractivity contribution < 1.29 is 19.7 Å². The average Bonchev–Trinajstić information content (AvgIpc) is 3.16. The van der Waals surface area contributed by atoms with Crippen LogP contribution in [0.5, 0.6) is 0 Å². The maximum Gasteiger partial charge on any atom is 0.261 e. The number of hydrogen-bond donors (Lipinski definition) is 3. The van der Waals surface area contributed by atoms with E-state index in [9.17, 15) is 5.11 Å². The molecule has 0 bridgehead atoms. The third-order valence-corrected chi connectivity index (χ3v) is 23.4. The number of aliphatic hydroxyl groups is 3. The molecule has 0 aliphatic heterocycles. The van der Waals surface area contributed by atoms with Gasteiger partial charge < -0.3 is 19.7 Å². The maximum atomic E-state index is 10.1. The van der Waals surface area contributed by atoms with Crippen LogP contribution in [-0.2, 0) is 4.43 Å². The van der Waals surface area contributed by atoms with Crippen LogP contribution < -0.4 is 20.7 Å². The lowest BCUT2D eigenvalue weighted by Crippen LogP contribution is -2.67. The minimum Gasteiger partial charge on any atom is -0.407 e. The van der Waals surface area contributed by atoms with Gasteiger partial charge in [0.15, 0.2) is 0 Å². The van der Waals surface area contributed by atoms with Crippen LogP contribution in [0.25, 0.3) is 0 Å². The molecule has 0 spiro atoms. The molecule has 2 aliphatic rings. The lowest BCUT2D eigenvalue weighted by atomic mass is 9.88. The molecule has 2 fully saturated rings. The predicted molar refractivity (Wildman–Crippen MR) is 230 cm³/mol. The van der Waals surface area contributed by atoms with Crippen molar-refractivity contribution in [2.75, 3.05) is 13.2 Å². The van der Waals surface area contributed by atoms with E-state index < -0.39 is 15.7 Å². The second-order valence-electron chi connectivity index (χ2n) is 17.2. The van der Waals surface area contributed by atoms with E-state index in [4.69, 9.17) is 25.7 Å². The minimum atomic E-state index is -2.44. The van der Waals surface area contributed by atoms with Crippen LogP contribution in [0.1, 0.15) is 92.9 Å². The summed E-state index contributed by atoms with van der Waals surface area (Å²) in [6.45, 7) is 14.7. The maximum absolute atomic E-state index is 10.1. The highest BCUT2D eigenvalue weighted by atomic mass is 35.6. The first kappa shape index (κ1) is 43.2. The van der Waals surface area contributed by atoms with Crippen LogP contribution >= 0.6 is 11.1 Å². The predicted octanol–water partition coefficient (Wildman–Crippen LogP) is 8.43. The quantitative estimate of drug-likeness (QED) is 0.124. The van der Waals surface area contributed by atoms with Gasteiger partial charge in [-0.05, 0) is 81.2 Å². The minimum absolute atomic E-state index is 0.0169. The van der Waals surface area contributed by atoms with Crippen LogP contribution in [0.2, 0.25) is 10.1 Å². The van der Waals surface area contributed by atoms with Gasteiger partial charge in [-0.3, -0.25) is 0 Å². The van der Waals surface area contributed by atoms with Gasteiger partial charge in [-0.15, -0.1) is 0 Å². The van der Waals surface area contributed by atoms with Crippen molar-refractivity contribution >= 4 is 47.5 Å². The van der Waals surface area contributed by atoms with Gasteiger partial charge in [-0.25, -0.2) is 0 Å². The summed E-state index contributed by atoms with van der Waals surface area (Å²) in [6, 6.07) is 42.7. The summed E-state index contributed by atoms with van der Waals surface area (Å²) in [5.74, 6) is 0.828. The lowest BCUT2D eigenvalue weighted by Gasteiger charge is -2.44. The Morgan fingerprint density at radius 3 is 1.23 bits per heavy atom. The Kier molecular flexibility index (Phi) is 16.2. The van der Waals surface area contributed by atoms with Gasteiger partial charge in [0.25, 0.3) is 8.32 Å². The SMILES string of the molecule is CC(C)(C)[Si](Cl)(c1ccccc1)c1ccccc1.CC(C)(C)[Si](OCC1CCCC(O)C1)(c1ccccc1)c1ccccc1.OCC1CCCC(O)C1. The topological polar surface area (TPSA) is 69.9 Å². The molecule has 4 nitrogen and oxygen atoms in total. The Bertz CT molecular complexity index is 1510. The lowest BCUT2D eigenvalue weighted by molar-refractivity contribution is 0.0757. The van der Waals surface area contributed by atoms with Gasteiger partial charge in [0.2, 0.25) is 7.38 Å². The molecular formula is C46H65ClO4Si2. The van der Waals surface area contributed by atoms with Crippen molar-refractivity contribution in [3.05, 3.63) is 121 Å². The number of aliphatic hydroxyl groups excluding tert-OH is 3. The van der Waals surface area contributed by atoms with E-state index in [1.807, 2.05) is 12.1 Å². The van der Waals surface area contributed by atoms with Crippen LogP contribution in [0.15, 0.2) is 121 Å². The van der Waals surface area contributed by atoms with Crippen molar-refractivity contribution in [2.24, 2.45) is 11.8 Å². The van der Waals surface area contributed by atoms with Crippen LogP contribution in [0.3, 0.4) is 0 Å². The van der Waals surface area contributed by atoms with Gasteiger partial charge in [-0.1, -0.05) is 176 Å². The fourth-order valence-corrected chi connectivity index (χ4v) is 17.0. The molecule has 6 rings (SSSR count). The third kappa shape index (κ3) is 11.3. The number of benzene rings is 4. The normalized spacial score (nSPS) is 21.0. The van der Waals surface area contributed by atoms with Crippen molar-refractivity contribution in [2.45, 2.75) is 115 Å². The second-order valence-corrected chi connectivity index (χ2v) is 27.1. The summed E-state index contributed by atoms with van der Waals surface area (Å²) in [7, 11) is -4.67. The standard InChI is InChI=1S/C23H32O2Si.C16H19ClSi.C7H14O2/c1-23(2,3)26(21-13-6-4-7-14-21,22-15-8-5-9-16-22)25-18-19-11-10-12-20(24)17-19;1-16(2,3)18(17,14-10-6-4-7-11-14)15-12-8-5-9-13-15;8-5-6-2-1-3-7(9)4-6/h4-9,13-16,19-20,24H,10-12,17-18H2,1-3H3;4-13H,1-3H3;6-9H,1-5H2. The first-order valence-corrected chi connectivity index (χ1v) is 24.7. The Balaban J connectivity index is 0.000000200. The molecule has 4 aromatic carbocycles. The second kappa shape index (κ2) is 19.9. The van der Waals surface area contributed by atoms with Crippen LogP contribution in [-0.4, -0.2) is 56.4 Å². The fraction of sp³-hybridized carbons (Fsp3) is 0.478. The molecule has 288 valence electrons. The van der Waals surface area contributed by atoms with E-state index in [0.29, 0.717) is 11.8 Å². The number of halogens is 1. The van der Waals surface area contributed by atoms with E-state index >= 15 is 0 Å².